The van der Waals surface area contributed by atoms with Gasteiger partial charge in [-0.1, -0.05) is 0 Å². The molecule has 0 fully saturated rings. The van der Waals surface area contributed by atoms with E-state index in [0.717, 1.165) is 5.69 Å². The lowest BCUT2D eigenvalue weighted by atomic mass is 10.2. The van der Waals surface area contributed by atoms with Gasteiger partial charge < -0.3 is 5.11 Å². The number of carbonyl (C=O) groups is 1. The van der Waals surface area contributed by atoms with Gasteiger partial charge in [-0.25, -0.2) is 9.78 Å². The predicted molar refractivity (Wildman–Crippen MR) is 43.6 cm³/mol. The number of aryl methyl sites for hydroxylation is 1. The van der Waals surface area contributed by atoms with Gasteiger partial charge in [-0.15, -0.1) is 0 Å². The second-order valence-electron chi connectivity index (χ2n) is 2.10. The number of hydrogen-bond acceptors (Lipinski definition) is 2. The zero-order chi connectivity index (χ0) is 8.43. The second-order valence-corrected chi connectivity index (χ2v) is 2.85. The Morgan fingerprint density at radius 1 is 1.64 bits per heavy atom. The van der Waals surface area contributed by atoms with Gasteiger partial charge in [0.1, 0.15) is 4.60 Å². The zero-order valence-electron chi connectivity index (χ0n) is 5.84. The van der Waals surface area contributed by atoms with E-state index in [1.54, 1.807) is 13.0 Å². The van der Waals surface area contributed by atoms with Crippen LogP contribution in [-0.2, 0) is 0 Å². The summed E-state index contributed by atoms with van der Waals surface area (Å²) in [7, 11) is 0. The van der Waals surface area contributed by atoms with E-state index in [0.29, 0.717) is 4.60 Å². The maximum Gasteiger partial charge on any atom is 0.338 e. The summed E-state index contributed by atoms with van der Waals surface area (Å²) >= 11 is 3.06. The topological polar surface area (TPSA) is 50.2 Å². The van der Waals surface area contributed by atoms with Gasteiger partial charge >= 0.3 is 5.97 Å². The molecule has 1 rings (SSSR count). The van der Waals surface area contributed by atoms with Gasteiger partial charge in [-0.3, -0.25) is 0 Å². The number of hydrogen-bond donors (Lipinski definition) is 1. The first kappa shape index (κ1) is 8.20. The monoisotopic (exact) mass is 215 g/mol. The summed E-state index contributed by atoms with van der Waals surface area (Å²) in [6, 6.07) is 3.18. The molecule has 0 atom stereocenters. The maximum atomic E-state index is 10.5. The largest absolute Gasteiger partial charge is 0.478 e. The van der Waals surface area contributed by atoms with Gasteiger partial charge in [0.25, 0.3) is 0 Å². The summed E-state index contributed by atoms with van der Waals surface area (Å²) in [5.74, 6) is -0.968. The Labute approximate surface area is 72.2 Å². The molecule has 1 N–H and O–H groups in total. The van der Waals surface area contributed by atoms with Crippen molar-refractivity contribution in [2.24, 2.45) is 0 Å². The molecule has 0 saturated heterocycles. The van der Waals surface area contributed by atoms with Crippen LogP contribution < -0.4 is 0 Å². The Kier molecular flexibility index (Phi) is 2.24. The number of rotatable bonds is 1. The van der Waals surface area contributed by atoms with Gasteiger partial charge in [0, 0.05) is 5.69 Å². The van der Waals surface area contributed by atoms with Gasteiger partial charge in [-0.05, 0) is 35.0 Å². The highest BCUT2D eigenvalue weighted by Crippen LogP contribution is 2.13. The lowest BCUT2D eigenvalue weighted by Gasteiger charge is -1.97. The predicted octanol–water partition coefficient (Wildman–Crippen LogP) is 1.85. The van der Waals surface area contributed by atoms with E-state index in [-0.39, 0.29) is 5.56 Å². The highest BCUT2D eigenvalue weighted by Gasteiger charge is 2.07. The normalized spacial score (nSPS) is 9.64. The van der Waals surface area contributed by atoms with Crippen molar-refractivity contribution in [3.8, 4) is 0 Å². The van der Waals surface area contributed by atoms with E-state index < -0.39 is 5.97 Å². The van der Waals surface area contributed by atoms with Crippen LogP contribution in [0.4, 0.5) is 0 Å². The molecule has 58 valence electrons. The highest BCUT2D eigenvalue weighted by molar-refractivity contribution is 9.10. The van der Waals surface area contributed by atoms with Crippen LogP contribution in [0.25, 0.3) is 0 Å². The summed E-state index contributed by atoms with van der Waals surface area (Å²) in [5.41, 5.74) is 0.984. The van der Waals surface area contributed by atoms with E-state index in [4.69, 9.17) is 5.11 Å². The Balaban J connectivity index is 3.20. The Hall–Kier alpha value is -0.900. The lowest BCUT2D eigenvalue weighted by molar-refractivity contribution is 0.0695. The molecule has 0 aliphatic heterocycles. The fraction of sp³-hybridized carbons (Fsp3) is 0.143. The third-order valence-corrected chi connectivity index (χ3v) is 1.82. The standard InChI is InChI=1S/C7H6BrNO2/c1-4-2-3-5(7(10)11)6(8)9-4/h2-3H,1H3,(H,10,11). The third kappa shape index (κ3) is 1.77. The summed E-state index contributed by atoms with van der Waals surface area (Å²) in [5, 5.41) is 8.59. The number of aromatic nitrogens is 1. The quantitative estimate of drug-likeness (QED) is 0.728. The van der Waals surface area contributed by atoms with Crippen molar-refractivity contribution in [2.45, 2.75) is 6.92 Å². The molecule has 0 aliphatic carbocycles. The summed E-state index contributed by atoms with van der Waals surface area (Å²) < 4.78 is 0.380. The van der Waals surface area contributed by atoms with Crippen LogP contribution in [0.5, 0.6) is 0 Å². The SMILES string of the molecule is Cc1ccc(C(=O)O)c(Br)n1. The van der Waals surface area contributed by atoms with E-state index in [2.05, 4.69) is 20.9 Å². The molecule has 3 nitrogen and oxygen atoms in total. The molecule has 4 heteroatoms. The minimum absolute atomic E-state index is 0.190. The third-order valence-electron chi connectivity index (χ3n) is 1.22. The first-order chi connectivity index (χ1) is 5.11. The number of carboxylic acid groups (broad SMARTS) is 1. The van der Waals surface area contributed by atoms with Crippen molar-refractivity contribution in [3.63, 3.8) is 0 Å². The fourth-order valence-electron chi connectivity index (χ4n) is 0.685. The maximum absolute atomic E-state index is 10.5. The summed E-state index contributed by atoms with van der Waals surface area (Å²) in [6.07, 6.45) is 0. The Morgan fingerprint density at radius 2 is 2.27 bits per heavy atom. The molecule has 0 aliphatic rings. The summed E-state index contributed by atoms with van der Waals surface area (Å²) in [6.45, 7) is 1.80. The van der Waals surface area contributed by atoms with E-state index in [1.807, 2.05) is 0 Å². The molecule has 11 heavy (non-hydrogen) atoms. The average molecular weight is 216 g/mol. The number of pyridine rings is 1. The Bertz CT molecular complexity index is 298. The molecule has 0 saturated carbocycles. The van der Waals surface area contributed by atoms with Gasteiger partial charge in [-0.2, -0.15) is 0 Å². The molecule has 0 bridgehead atoms. The number of halogens is 1. The molecule has 1 aromatic rings. The first-order valence-corrected chi connectivity index (χ1v) is 3.77. The van der Waals surface area contributed by atoms with Crippen molar-refractivity contribution >= 4 is 21.9 Å². The van der Waals surface area contributed by atoms with Crippen LogP contribution in [0.2, 0.25) is 0 Å². The van der Waals surface area contributed by atoms with Crippen molar-refractivity contribution in [2.75, 3.05) is 0 Å². The molecule has 0 unspecified atom stereocenters. The summed E-state index contributed by atoms with van der Waals surface area (Å²) in [4.78, 5) is 14.4. The van der Waals surface area contributed by atoms with E-state index in [1.165, 1.54) is 6.07 Å². The van der Waals surface area contributed by atoms with Crippen LogP contribution in [0.15, 0.2) is 16.7 Å². The molecular weight excluding hydrogens is 210 g/mol. The number of nitrogens with zero attached hydrogens (tertiary/aromatic N) is 1. The minimum atomic E-state index is -0.968. The highest BCUT2D eigenvalue weighted by atomic mass is 79.9. The van der Waals surface area contributed by atoms with Crippen molar-refractivity contribution < 1.29 is 9.90 Å². The first-order valence-electron chi connectivity index (χ1n) is 2.97. The average Bonchev–Trinajstić information content (AvgIpc) is 1.85. The van der Waals surface area contributed by atoms with Crippen LogP contribution in [0, 0.1) is 6.92 Å². The van der Waals surface area contributed by atoms with Crippen LogP contribution in [0.1, 0.15) is 16.1 Å². The van der Waals surface area contributed by atoms with Gasteiger partial charge in [0.05, 0.1) is 5.56 Å². The molecule has 1 aromatic heterocycles. The number of carboxylic acids is 1. The molecule has 0 spiro atoms. The Morgan fingerprint density at radius 3 is 2.73 bits per heavy atom. The van der Waals surface area contributed by atoms with E-state index >= 15 is 0 Å². The molecular formula is C7H6BrNO2. The minimum Gasteiger partial charge on any atom is -0.478 e. The van der Waals surface area contributed by atoms with Gasteiger partial charge in [0.2, 0.25) is 0 Å². The fourth-order valence-corrected chi connectivity index (χ4v) is 1.27. The molecule has 1 heterocycles. The smallest absolute Gasteiger partial charge is 0.338 e. The zero-order valence-corrected chi connectivity index (χ0v) is 7.42. The van der Waals surface area contributed by atoms with Crippen LogP contribution >= 0.6 is 15.9 Å². The lowest BCUT2D eigenvalue weighted by Crippen LogP contribution is -1.99. The number of aromatic carboxylic acids is 1. The van der Waals surface area contributed by atoms with Crippen LogP contribution in [0.3, 0.4) is 0 Å². The second kappa shape index (κ2) is 3.00. The molecule has 0 amide bonds. The van der Waals surface area contributed by atoms with Crippen LogP contribution in [-0.4, -0.2) is 16.1 Å². The van der Waals surface area contributed by atoms with Crippen molar-refractivity contribution in [1.29, 1.82) is 0 Å². The molecule has 0 radical (unpaired) electrons. The van der Waals surface area contributed by atoms with Crippen molar-refractivity contribution in [3.05, 3.63) is 28.0 Å². The van der Waals surface area contributed by atoms with Crippen molar-refractivity contribution in [1.82, 2.24) is 4.98 Å². The van der Waals surface area contributed by atoms with E-state index in [9.17, 15) is 4.79 Å². The molecule has 0 aromatic carbocycles. The van der Waals surface area contributed by atoms with Gasteiger partial charge in [0.15, 0.2) is 0 Å².